The van der Waals surface area contributed by atoms with E-state index in [1.54, 1.807) is 0 Å². The van der Waals surface area contributed by atoms with E-state index >= 15 is 0 Å². The van der Waals surface area contributed by atoms with Crippen molar-refractivity contribution in [2.45, 2.75) is 38.6 Å². The van der Waals surface area contributed by atoms with Gasteiger partial charge >= 0.3 is 0 Å². The molecule has 2 rings (SSSR count). The number of carbonyl (C=O) groups is 1. The lowest BCUT2D eigenvalue weighted by atomic mass is 10.0. The van der Waals surface area contributed by atoms with E-state index in [1.807, 2.05) is 0 Å². The third kappa shape index (κ3) is 4.64. The highest BCUT2D eigenvalue weighted by Crippen LogP contribution is 2.16. The van der Waals surface area contributed by atoms with E-state index in [0.29, 0.717) is 12.6 Å². The highest BCUT2D eigenvalue weighted by Gasteiger charge is 2.17. The van der Waals surface area contributed by atoms with Gasteiger partial charge in [0.15, 0.2) is 0 Å². The number of hydrogen-bond donors (Lipinski definition) is 1. The van der Waals surface area contributed by atoms with Gasteiger partial charge in [-0.3, -0.25) is 4.79 Å². The van der Waals surface area contributed by atoms with Gasteiger partial charge in [0, 0.05) is 19.1 Å². The molecule has 4 nitrogen and oxygen atoms in total. The minimum Gasteiger partial charge on any atom is -0.352 e. The fraction of sp³-hybridized carbons (Fsp3) is 0.600. The van der Waals surface area contributed by atoms with Gasteiger partial charge < -0.3 is 10.2 Å². The Labute approximate surface area is 129 Å². The zero-order valence-electron chi connectivity index (χ0n) is 12.2. The molecule has 0 aromatic carbocycles. The maximum atomic E-state index is 13.1. The Bertz CT molecular complexity index is 498. The van der Waals surface area contributed by atoms with Gasteiger partial charge in [0.25, 0.3) is 5.91 Å². The highest BCUT2D eigenvalue weighted by molar-refractivity contribution is 6.32. The molecular formula is C15H21ClFN3O. The van der Waals surface area contributed by atoms with Gasteiger partial charge in [-0.2, -0.15) is 0 Å². The number of halogens is 2. The van der Waals surface area contributed by atoms with Crippen molar-refractivity contribution in [3.05, 3.63) is 28.8 Å². The van der Waals surface area contributed by atoms with Crippen LogP contribution in [0.3, 0.4) is 0 Å². The second-order valence-corrected chi connectivity index (χ2v) is 5.84. The zero-order valence-corrected chi connectivity index (χ0v) is 13.0. The fourth-order valence-electron chi connectivity index (χ4n) is 2.65. The molecule has 1 fully saturated rings. The van der Waals surface area contributed by atoms with E-state index in [-0.39, 0.29) is 16.6 Å². The summed E-state index contributed by atoms with van der Waals surface area (Å²) >= 11 is 5.80. The third-order valence-electron chi connectivity index (χ3n) is 3.90. The molecule has 116 valence electrons. The number of hydrogen-bond acceptors (Lipinski definition) is 3. The van der Waals surface area contributed by atoms with Crippen LogP contribution in [-0.2, 0) is 0 Å². The van der Waals surface area contributed by atoms with Gasteiger partial charge in [0.05, 0.1) is 11.8 Å². The monoisotopic (exact) mass is 313 g/mol. The minimum atomic E-state index is -0.563. The Balaban J connectivity index is 1.75. The van der Waals surface area contributed by atoms with Crippen molar-refractivity contribution >= 4 is 17.5 Å². The Morgan fingerprint density at radius 2 is 2.38 bits per heavy atom. The van der Waals surface area contributed by atoms with Crippen LogP contribution in [0.4, 0.5) is 4.39 Å². The molecule has 6 heteroatoms. The first-order valence-corrected chi connectivity index (χ1v) is 7.79. The summed E-state index contributed by atoms with van der Waals surface area (Å²) in [6.45, 7) is 4.90. The molecule has 0 radical (unpaired) electrons. The average Bonchev–Trinajstić information content (AvgIpc) is 2.47. The van der Waals surface area contributed by atoms with Gasteiger partial charge in [-0.05, 0) is 38.8 Å². The van der Waals surface area contributed by atoms with E-state index in [1.165, 1.54) is 19.3 Å². The molecule has 1 atom stereocenters. The number of piperidine rings is 1. The predicted octanol–water partition coefficient (Wildman–Crippen LogP) is 2.87. The molecule has 1 aromatic rings. The van der Waals surface area contributed by atoms with Crippen LogP contribution >= 0.6 is 11.6 Å². The van der Waals surface area contributed by atoms with E-state index in [0.717, 1.165) is 31.8 Å². The predicted molar refractivity (Wildman–Crippen MR) is 81.0 cm³/mol. The van der Waals surface area contributed by atoms with E-state index in [4.69, 9.17) is 11.6 Å². The van der Waals surface area contributed by atoms with Gasteiger partial charge in [-0.1, -0.05) is 18.0 Å². The normalized spacial score (nSPS) is 19.5. The molecule has 0 aliphatic carbocycles. The summed E-state index contributed by atoms with van der Waals surface area (Å²) in [7, 11) is 0. The standard InChI is InChI=1S/C15H21ClFN3O/c1-11-5-2-3-7-20(11)8-4-6-18-15(21)13-9-12(17)10-19-14(13)16/h9-11H,2-8H2,1H3,(H,18,21). The Kier molecular flexibility index (Phi) is 5.94. The van der Waals surface area contributed by atoms with Crippen LogP contribution in [0.2, 0.25) is 5.15 Å². The molecular weight excluding hydrogens is 293 g/mol. The maximum Gasteiger partial charge on any atom is 0.254 e. The van der Waals surface area contributed by atoms with Crippen LogP contribution in [0.1, 0.15) is 43.0 Å². The molecule has 1 aliphatic heterocycles. The minimum absolute atomic E-state index is 0.0264. The molecule has 0 bridgehead atoms. The number of nitrogens with zero attached hydrogens (tertiary/aromatic N) is 2. The lowest BCUT2D eigenvalue weighted by molar-refractivity contribution is 0.0948. The second kappa shape index (κ2) is 7.71. The summed E-state index contributed by atoms with van der Waals surface area (Å²) in [4.78, 5) is 18.0. The van der Waals surface area contributed by atoms with E-state index in [2.05, 4.69) is 22.1 Å². The van der Waals surface area contributed by atoms with Crippen LogP contribution in [-0.4, -0.2) is 41.5 Å². The molecule has 1 unspecified atom stereocenters. The number of amides is 1. The van der Waals surface area contributed by atoms with E-state index < -0.39 is 5.82 Å². The first-order chi connectivity index (χ1) is 10.1. The van der Waals surface area contributed by atoms with Crippen LogP contribution < -0.4 is 5.32 Å². The van der Waals surface area contributed by atoms with Crippen LogP contribution in [0, 0.1) is 5.82 Å². The summed E-state index contributed by atoms with van der Waals surface area (Å²) < 4.78 is 13.1. The highest BCUT2D eigenvalue weighted by atomic mass is 35.5. The van der Waals surface area contributed by atoms with Gasteiger partial charge in [-0.15, -0.1) is 0 Å². The molecule has 2 heterocycles. The second-order valence-electron chi connectivity index (χ2n) is 5.48. The summed E-state index contributed by atoms with van der Waals surface area (Å²) in [6, 6.07) is 1.73. The number of pyridine rings is 1. The number of likely N-dealkylation sites (tertiary alicyclic amines) is 1. The lowest BCUT2D eigenvalue weighted by Gasteiger charge is -2.33. The molecule has 1 N–H and O–H groups in total. The molecule has 1 saturated heterocycles. The fourth-order valence-corrected chi connectivity index (χ4v) is 2.84. The van der Waals surface area contributed by atoms with Crippen molar-refractivity contribution in [2.24, 2.45) is 0 Å². The van der Waals surface area contributed by atoms with Crippen molar-refractivity contribution in [2.75, 3.05) is 19.6 Å². The summed E-state index contributed by atoms with van der Waals surface area (Å²) in [6.07, 6.45) is 5.67. The largest absolute Gasteiger partial charge is 0.352 e. The van der Waals surface area contributed by atoms with Crippen LogP contribution in [0.25, 0.3) is 0 Å². The van der Waals surface area contributed by atoms with Crippen molar-refractivity contribution in [3.63, 3.8) is 0 Å². The molecule has 1 amide bonds. The van der Waals surface area contributed by atoms with E-state index in [9.17, 15) is 9.18 Å². The Morgan fingerprint density at radius 3 is 3.14 bits per heavy atom. The molecule has 0 spiro atoms. The zero-order chi connectivity index (χ0) is 15.2. The third-order valence-corrected chi connectivity index (χ3v) is 4.20. The number of rotatable bonds is 5. The molecule has 0 saturated carbocycles. The number of carbonyl (C=O) groups excluding carboxylic acids is 1. The topological polar surface area (TPSA) is 45.2 Å². The maximum absolute atomic E-state index is 13.1. The number of aromatic nitrogens is 1. The molecule has 1 aromatic heterocycles. The lowest BCUT2D eigenvalue weighted by Crippen LogP contribution is -2.39. The van der Waals surface area contributed by atoms with Crippen molar-refractivity contribution < 1.29 is 9.18 Å². The van der Waals surface area contributed by atoms with Crippen molar-refractivity contribution in [3.8, 4) is 0 Å². The summed E-state index contributed by atoms with van der Waals surface area (Å²) in [5, 5.41) is 2.79. The number of nitrogens with one attached hydrogen (secondary N) is 1. The van der Waals surface area contributed by atoms with Crippen molar-refractivity contribution in [1.29, 1.82) is 0 Å². The average molecular weight is 314 g/mol. The Hall–Kier alpha value is -1.20. The van der Waals surface area contributed by atoms with Crippen molar-refractivity contribution in [1.82, 2.24) is 15.2 Å². The van der Waals surface area contributed by atoms with Gasteiger partial charge in [0.2, 0.25) is 0 Å². The Morgan fingerprint density at radius 1 is 1.57 bits per heavy atom. The summed E-state index contributed by atoms with van der Waals surface area (Å²) in [5.41, 5.74) is 0.0861. The molecule has 21 heavy (non-hydrogen) atoms. The van der Waals surface area contributed by atoms with Gasteiger partial charge in [-0.25, -0.2) is 9.37 Å². The van der Waals surface area contributed by atoms with Gasteiger partial charge in [0.1, 0.15) is 11.0 Å². The molecule has 1 aliphatic rings. The summed E-state index contributed by atoms with van der Waals surface area (Å²) in [5.74, 6) is -0.939. The van der Waals surface area contributed by atoms with Crippen LogP contribution in [0.5, 0.6) is 0 Å². The van der Waals surface area contributed by atoms with Crippen LogP contribution in [0.15, 0.2) is 12.3 Å². The first kappa shape index (κ1) is 16.2. The smallest absolute Gasteiger partial charge is 0.254 e. The first-order valence-electron chi connectivity index (χ1n) is 7.41. The SMILES string of the molecule is CC1CCCCN1CCCNC(=O)c1cc(F)cnc1Cl. The quantitative estimate of drug-likeness (QED) is 0.671.